The summed E-state index contributed by atoms with van der Waals surface area (Å²) < 4.78 is 0. The molecule has 0 amide bonds. The van der Waals surface area contributed by atoms with Crippen LogP contribution in [0.3, 0.4) is 0 Å². The molecule has 1 aliphatic carbocycles. The fraction of sp³-hybridized carbons (Fsp3) is 1.00. The maximum absolute atomic E-state index is 3.47. The van der Waals surface area contributed by atoms with E-state index in [1.165, 1.54) is 52.0 Å². The third-order valence-electron chi connectivity index (χ3n) is 4.42. The monoisotopic (exact) mass is 225 g/mol. The third-order valence-corrected chi connectivity index (χ3v) is 4.42. The second-order valence-corrected chi connectivity index (χ2v) is 6.08. The van der Waals surface area contributed by atoms with Crippen molar-refractivity contribution in [3.05, 3.63) is 0 Å². The van der Waals surface area contributed by atoms with Gasteiger partial charge in [-0.3, -0.25) is 0 Å². The van der Waals surface area contributed by atoms with Gasteiger partial charge in [0.05, 0.1) is 0 Å². The molecule has 3 heteroatoms. The molecular formula is C13H27N3. The summed E-state index contributed by atoms with van der Waals surface area (Å²) in [6.45, 7) is 6.19. The van der Waals surface area contributed by atoms with E-state index in [0.29, 0.717) is 0 Å². The standard InChI is InChI=1S/C13H27N3/c1-15(2)8-9-16(3)11-12-10-13(12)4-6-14-7-5-13/h12,14H,4-11H2,1-3H3. The molecule has 1 atom stereocenters. The first kappa shape index (κ1) is 12.3. The molecule has 1 unspecified atom stereocenters. The van der Waals surface area contributed by atoms with Crippen LogP contribution in [0.1, 0.15) is 19.3 Å². The highest BCUT2D eigenvalue weighted by Crippen LogP contribution is 2.58. The molecule has 0 aromatic rings. The van der Waals surface area contributed by atoms with Gasteiger partial charge >= 0.3 is 0 Å². The van der Waals surface area contributed by atoms with Crippen LogP contribution in [0.15, 0.2) is 0 Å². The number of hydrogen-bond acceptors (Lipinski definition) is 3. The Bertz CT molecular complexity index is 221. The molecule has 0 aromatic carbocycles. The van der Waals surface area contributed by atoms with Crippen LogP contribution < -0.4 is 5.32 Å². The molecule has 0 radical (unpaired) electrons. The maximum Gasteiger partial charge on any atom is 0.0106 e. The summed E-state index contributed by atoms with van der Waals surface area (Å²) >= 11 is 0. The van der Waals surface area contributed by atoms with Crippen molar-refractivity contribution in [2.24, 2.45) is 11.3 Å². The van der Waals surface area contributed by atoms with E-state index >= 15 is 0 Å². The van der Waals surface area contributed by atoms with E-state index in [0.717, 1.165) is 11.3 Å². The van der Waals surface area contributed by atoms with Gasteiger partial charge in [-0.05, 0) is 64.8 Å². The Morgan fingerprint density at radius 1 is 1.12 bits per heavy atom. The maximum atomic E-state index is 3.47. The van der Waals surface area contributed by atoms with Crippen LogP contribution in [0.4, 0.5) is 0 Å². The van der Waals surface area contributed by atoms with Crippen molar-refractivity contribution in [3.8, 4) is 0 Å². The predicted molar refractivity (Wildman–Crippen MR) is 68.7 cm³/mol. The van der Waals surface area contributed by atoms with Gasteiger partial charge in [-0.15, -0.1) is 0 Å². The topological polar surface area (TPSA) is 18.5 Å². The highest BCUT2D eigenvalue weighted by molar-refractivity contribution is 5.05. The zero-order chi connectivity index (χ0) is 11.6. The van der Waals surface area contributed by atoms with Crippen molar-refractivity contribution in [3.63, 3.8) is 0 Å². The molecule has 1 saturated carbocycles. The number of rotatable bonds is 5. The Labute approximate surface area is 100 Å². The molecule has 1 N–H and O–H groups in total. The third kappa shape index (κ3) is 2.96. The van der Waals surface area contributed by atoms with Crippen molar-refractivity contribution in [1.29, 1.82) is 0 Å². The Morgan fingerprint density at radius 2 is 1.81 bits per heavy atom. The van der Waals surface area contributed by atoms with E-state index in [1.807, 2.05) is 0 Å². The lowest BCUT2D eigenvalue weighted by Crippen LogP contribution is -2.33. The van der Waals surface area contributed by atoms with Crippen LogP contribution in [-0.2, 0) is 0 Å². The summed E-state index contributed by atoms with van der Waals surface area (Å²) in [5, 5.41) is 3.47. The fourth-order valence-corrected chi connectivity index (χ4v) is 3.07. The molecule has 1 heterocycles. The van der Waals surface area contributed by atoms with Crippen LogP contribution in [0.5, 0.6) is 0 Å². The second-order valence-electron chi connectivity index (χ2n) is 6.08. The van der Waals surface area contributed by atoms with Crippen molar-refractivity contribution in [1.82, 2.24) is 15.1 Å². The highest BCUT2D eigenvalue weighted by Gasteiger charge is 2.53. The first-order valence-corrected chi connectivity index (χ1v) is 6.66. The van der Waals surface area contributed by atoms with E-state index in [9.17, 15) is 0 Å². The van der Waals surface area contributed by atoms with Crippen LogP contribution >= 0.6 is 0 Å². The van der Waals surface area contributed by atoms with Gasteiger partial charge in [0.25, 0.3) is 0 Å². The molecule has 1 aliphatic heterocycles. The summed E-state index contributed by atoms with van der Waals surface area (Å²) in [5.74, 6) is 0.988. The van der Waals surface area contributed by atoms with E-state index in [4.69, 9.17) is 0 Å². The zero-order valence-electron chi connectivity index (χ0n) is 11.1. The summed E-state index contributed by atoms with van der Waals surface area (Å²) in [4.78, 5) is 4.78. The highest BCUT2D eigenvalue weighted by atomic mass is 15.2. The van der Waals surface area contributed by atoms with Gasteiger partial charge < -0.3 is 15.1 Å². The van der Waals surface area contributed by atoms with Crippen LogP contribution in [-0.4, -0.2) is 63.7 Å². The number of nitrogens with zero attached hydrogens (tertiary/aromatic N) is 2. The molecule has 0 bridgehead atoms. The number of piperidine rings is 1. The lowest BCUT2D eigenvalue weighted by Gasteiger charge is -2.25. The molecule has 3 nitrogen and oxygen atoms in total. The largest absolute Gasteiger partial charge is 0.317 e. The molecule has 94 valence electrons. The molecule has 2 aliphatic rings. The van der Waals surface area contributed by atoms with Gasteiger partial charge in [-0.1, -0.05) is 0 Å². The normalized spacial score (nSPS) is 27.9. The quantitative estimate of drug-likeness (QED) is 0.749. The smallest absolute Gasteiger partial charge is 0.0106 e. The number of hydrogen-bond donors (Lipinski definition) is 1. The van der Waals surface area contributed by atoms with Gasteiger partial charge in [-0.25, -0.2) is 0 Å². The number of likely N-dealkylation sites (N-methyl/N-ethyl adjacent to an activating group) is 2. The van der Waals surface area contributed by atoms with Gasteiger partial charge in [0, 0.05) is 19.6 Å². The molecule has 16 heavy (non-hydrogen) atoms. The predicted octanol–water partition coefficient (Wildman–Crippen LogP) is 0.869. The first-order chi connectivity index (χ1) is 7.62. The molecule has 2 fully saturated rings. The van der Waals surface area contributed by atoms with Crippen LogP contribution in [0, 0.1) is 11.3 Å². The molecule has 1 spiro atoms. The minimum Gasteiger partial charge on any atom is -0.317 e. The summed E-state index contributed by atoms with van der Waals surface area (Å²) in [7, 11) is 6.58. The summed E-state index contributed by atoms with van der Waals surface area (Å²) in [5.41, 5.74) is 0.748. The first-order valence-electron chi connectivity index (χ1n) is 6.66. The Kier molecular flexibility index (Phi) is 3.88. The van der Waals surface area contributed by atoms with E-state index in [1.54, 1.807) is 0 Å². The number of nitrogens with one attached hydrogen (secondary N) is 1. The average Bonchev–Trinajstić information content (AvgIpc) is 2.89. The van der Waals surface area contributed by atoms with Crippen molar-refractivity contribution >= 4 is 0 Å². The molecule has 2 rings (SSSR count). The van der Waals surface area contributed by atoms with Crippen molar-refractivity contribution in [2.75, 3.05) is 53.9 Å². The van der Waals surface area contributed by atoms with E-state index in [2.05, 4.69) is 36.3 Å². The van der Waals surface area contributed by atoms with Gasteiger partial charge in [0.1, 0.15) is 0 Å². The Balaban J connectivity index is 1.67. The average molecular weight is 225 g/mol. The lowest BCUT2D eigenvalue weighted by molar-refractivity contribution is 0.242. The summed E-state index contributed by atoms with van der Waals surface area (Å²) in [6.07, 6.45) is 4.32. The van der Waals surface area contributed by atoms with Crippen molar-refractivity contribution < 1.29 is 0 Å². The Morgan fingerprint density at radius 3 is 2.44 bits per heavy atom. The zero-order valence-corrected chi connectivity index (χ0v) is 11.1. The molecule has 1 saturated heterocycles. The molecule has 0 aromatic heterocycles. The SMILES string of the molecule is CN(C)CCN(C)CC1CC12CCNCC2. The van der Waals surface area contributed by atoms with E-state index < -0.39 is 0 Å². The minimum absolute atomic E-state index is 0.748. The minimum atomic E-state index is 0.748. The fourth-order valence-electron chi connectivity index (χ4n) is 3.07. The lowest BCUT2D eigenvalue weighted by atomic mass is 9.92. The van der Waals surface area contributed by atoms with Gasteiger partial charge in [0.2, 0.25) is 0 Å². The summed E-state index contributed by atoms with van der Waals surface area (Å²) in [6, 6.07) is 0. The van der Waals surface area contributed by atoms with Gasteiger partial charge in [0.15, 0.2) is 0 Å². The van der Waals surface area contributed by atoms with Crippen LogP contribution in [0.2, 0.25) is 0 Å². The van der Waals surface area contributed by atoms with E-state index in [-0.39, 0.29) is 0 Å². The van der Waals surface area contributed by atoms with Crippen molar-refractivity contribution in [2.45, 2.75) is 19.3 Å². The second kappa shape index (κ2) is 5.03. The molecular weight excluding hydrogens is 198 g/mol. The Hall–Kier alpha value is -0.120. The van der Waals surface area contributed by atoms with Crippen LogP contribution in [0.25, 0.3) is 0 Å². The van der Waals surface area contributed by atoms with Gasteiger partial charge in [-0.2, -0.15) is 0 Å².